The highest BCUT2D eigenvalue weighted by Crippen LogP contribution is 2.20. The Morgan fingerprint density at radius 3 is 2.42 bits per heavy atom. The molecule has 0 bridgehead atoms. The molecule has 3 aromatic rings. The molecule has 5 N–H and O–H groups in total. The average Bonchev–Trinajstić information content (AvgIpc) is 2.89. The topological polar surface area (TPSA) is 127 Å². The molecule has 0 spiro atoms. The van der Waals surface area contributed by atoms with Crippen LogP contribution in [0.15, 0.2) is 83.8 Å². The van der Waals surface area contributed by atoms with E-state index in [1.807, 2.05) is 24.3 Å². The number of nitrogens with two attached hydrogens (primary N) is 1. The van der Waals surface area contributed by atoms with Gasteiger partial charge in [-0.1, -0.05) is 42.5 Å². The molecule has 190 valence electrons. The molecule has 0 aromatic heterocycles. The molecule has 0 amide bonds. The molecular weight excluding hydrogens is 476 g/mol. The second kappa shape index (κ2) is 12.0. The maximum absolute atomic E-state index is 13.0. The Balaban J connectivity index is 1.47. The van der Waals surface area contributed by atoms with Gasteiger partial charge in [0.25, 0.3) is 0 Å². The first-order valence-electron chi connectivity index (χ1n) is 12.0. The first-order chi connectivity index (χ1) is 17.4. The van der Waals surface area contributed by atoms with Crippen molar-refractivity contribution < 1.29 is 17.9 Å². The van der Waals surface area contributed by atoms with Gasteiger partial charge in [-0.15, -0.1) is 0 Å². The van der Waals surface area contributed by atoms with Crippen molar-refractivity contribution in [1.82, 2.24) is 10.0 Å². The Kier molecular flexibility index (Phi) is 8.58. The summed E-state index contributed by atoms with van der Waals surface area (Å²) < 4.78 is 40.9. The molecule has 3 aromatic carbocycles. The number of benzene rings is 3. The normalized spacial score (nSPS) is 15.2. The van der Waals surface area contributed by atoms with E-state index in [-0.39, 0.29) is 23.4 Å². The predicted molar refractivity (Wildman–Crippen MR) is 140 cm³/mol. The molecule has 0 unspecified atom stereocenters. The summed E-state index contributed by atoms with van der Waals surface area (Å²) in [5.74, 6) is 1.26. The van der Waals surface area contributed by atoms with E-state index in [9.17, 15) is 8.42 Å². The Bertz CT molecular complexity index is 1240. The number of hydrogen-bond acceptors (Lipinski definition) is 6. The van der Waals surface area contributed by atoms with E-state index in [2.05, 4.69) is 10.0 Å². The average molecular weight is 509 g/mol. The molecule has 1 aliphatic heterocycles. The molecule has 0 aliphatic carbocycles. The van der Waals surface area contributed by atoms with E-state index in [1.54, 1.807) is 54.6 Å². The van der Waals surface area contributed by atoms with Crippen LogP contribution in [0.25, 0.3) is 0 Å². The third kappa shape index (κ3) is 7.30. The number of nitrogen functional groups attached to an aromatic ring is 1. The van der Waals surface area contributed by atoms with Crippen LogP contribution in [-0.4, -0.2) is 46.1 Å². The zero-order valence-corrected chi connectivity index (χ0v) is 20.8. The van der Waals surface area contributed by atoms with Crippen molar-refractivity contribution in [2.75, 3.05) is 19.7 Å². The van der Waals surface area contributed by atoms with Crippen molar-refractivity contribution in [3.63, 3.8) is 0 Å². The van der Waals surface area contributed by atoms with Crippen molar-refractivity contribution >= 4 is 15.9 Å². The molecule has 4 rings (SSSR count). The molecule has 8 nitrogen and oxygen atoms in total. The lowest BCUT2D eigenvalue weighted by molar-refractivity contribution is 0.162. The van der Waals surface area contributed by atoms with Crippen LogP contribution in [0.2, 0.25) is 0 Å². The largest absolute Gasteiger partial charge is 0.492 e. The van der Waals surface area contributed by atoms with Gasteiger partial charge in [-0.3, -0.25) is 5.41 Å². The monoisotopic (exact) mass is 508 g/mol. The van der Waals surface area contributed by atoms with Gasteiger partial charge >= 0.3 is 0 Å². The van der Waals surface area contributed by atoms with Gasteiger partial charge in [0.2, 0.25) is 10.0 Å². The summed E-state index contributed by atoms with van der Waals surface area (Å²) in [5, 5.41) is 11.0. The summed E-state index contributed by atoms with van der Waals surface area (Å²) in [6.07, 6.45) is 2.59. The van der Waals surface area contributed by atoms with Gasteiger partial charge in [0.1, 0.15) is 30.0 Å². The third-order valence-corrected chi connectivity index (χ3v) is 7.50. The lowest BCUT2D eigenvalue weighted by Gasteiger charge is -2.24. The zero-order chi connectivity index (χ0) is 25.4. The molecular formula is C27H32N4O4S. The quantitative estimate of drug-likeness (QED) is 0.233. The molecule has 1 heterocycles. The molecule has 36 heavy (non-hydrogen) atoms. The smallest absolute Gasteiger partial charge is 0.240 e. The summed E-state index contributed by atoms with van der Waals surface area (Å²) in [4.78, 5) is 0.194. The van der Waals surface area contributed by atoms with Crippen LogP contribution in [-0.2, 0) is 16.4 Å². The van der Waals surface area contributed by atoms with Crippen molar-refractivity contribution in [3.8, 4) is 11.5 Å². The second-order valence-electron chi connectivity index (χ2n) is 8.80. The Morgan fingerprint density at radius 1 is 1.00 bits per heavy atom. The van der Waals surface area contributed by atoms with Crippen molar-refractivity contribution in [3.05, 3.63) is 90.0 Å². The SMILES string of the molecule is N=C(N)c1cccc(OC[C@H](Cc2ccc(OC3CCNCC3)cc2)NS(=O)(=O)c2ccccc2)c1. The Morgan fingerprint density at radius 2 is 1.72 bits per heavy atom. The number of sulfonamides is 1. The minimum Gasteiger partial charge on any atom is -0.492 e. The molecule has 0 saturated carbocycles. The highest BCUT2D eigenvalue weighted by atomic mass is 32.2. The summed E-state index contributed by atoms with van der Waals surface area (Å²) >= 11 is 0. The molecule has 1 atom stereocenters. The van der Waals surface area contributed by atoms with E-state index >= 15 is 0 Å². The zero-order valence-electron chi connectivity index (χ0n) is 20.0. The Hall–Kier alpha value is -3.40. The third-order valence-electron chi connectivity index (χ3n) is 5.97. The molecule has 0 radical (unpaired) electrons. The van der Waals surface area contributed by atoms with Gasteiger partial charge in [-0.05, 0) is 74.3 Å². The van der Waals surface area contributed by atoms with Crippen molar-refractivity contribution in [1.29, 1.82) is 5.41 Å². The van der Waals surface area contributed by atoms with Gasteiger partial charge in [-0.25, -0.2) is 13.1 Å². The lowest BCUT2D eigenvalue weighted by atomic mass is 10.1. The maximum atomic E-state index is 13.0. The van der Waals surface area contributed by atoms with Crippen LogP contribution in [0, 0.1) is 5.41 Å². The van der Waals surface area contributed by atoms with E-state index in [4.69, 9.17) is 20.6 Å². The van der Waals surface area contributed by atoms with Crippen LogP contribution in [0.5, 0.6) is 11.5 Å². The van der Waals surface area contributed by atoms with Crippen molar-refractivity contribution in [2.45, 2.75) is 36.3 Å². The summed E-state index contributed by atoms with van der Waals surface area (Å²) in [6, 6.07) is 22.4. The second-order valence-corrected chi connectivity index (χ2v) is 10.5. The van der Waals surface area contributed by atoms with E-state index < -0.39 is 16.1 Å². The number of rotatable bonds is 11. The van der Waals surface area contributed by atoms with Gasteiger partial charge < -0.3 is 20.5 Å². The highest BCUT2D eigenvalue weighted by molar-refractivity contribution is 7.89. The van der Waals surface area contributed by atoms with Crippen LogP contribution in [0.1, 0.15) is 24.0 Å². The highest BCUT2D eigenvalue weighted by Gasteiger charge is 2.21. The lowest BCUT2D eigenvalue weighted by Crippen LogP contribution is -2.40. The standard InChI is InChI=1S/C27H32N4O4S/c28-27(29)21-5-4-6-25(18-21)34-19-22(31-36(32,33)26-7-2-1-3-8-26)17-20-9-11-23(12-10-20)35-24-13-15-30-16-14-24/h1-12,18,22,24,30-31H,13-17,19H2,(H3,28,29)/t22-/m0/s1. The van der Waals surface area contributed by atoms with E-state index in [0.717, 1.165) is 37.2 Å². The van der Waals surface area contributed by atoms with E-state index in [0.29, 0.717) is 17.7 Å². The van der Waals surface area contributed by atoms with Crippen molar-refractivity contribution in [2.24, 2.45) is 5.73 Å². The first-order valence-corrected chi connectivity index (χ1v) is 13.5. The van der Waals surface area contributed by atoms with Gasteiger partial charge in [0.05, 0.1) is 10.9 Å². The first kappa shape index (κ1) is 25.7. The Labute approximate surface area is 212 Å². The number of ether oxygens (including phenoxy) is 2. The molecule has 1 fully saturated rings. The fourth-order valence-corrected chi connectivity index (χ4v) is 5.31. The summed E-state index contributed by atoms with van der Waals surface area (Å²) in [7, 11) is -3.75. The predicted octanol–water partition coefficient (Wildman–Crippen LogP) is 3.07. The fraction of sp³-hybridized carbons (Fsp3) is 0.296. The number of piperidine rings is 1. The molecule has 1 saturated heterocycles. The van der Waals surface area contributed by atoms with Crippen LogP contribution >= 0.6 is 0 Å². The van der Waals surface area contributed by atoms with Crippen LogP contribution < -0.4 is 25.2 Å². The number of hydrogen-bond donors (Lipinski definition) is 4. The van der Waals surface area contributed by atoms with E-state index in [1.165, 1.54) is 0 Å². The van der Waals surface area contributed by atoms with Gasteiger partial charge in [0.15, 0.2) is 0 Å². The van der Waals surface area contributed by atoms with Gasteiger partial charge in [-0.2, -0.15) is 0 Å². The van der Waals surface area contributed by atoms with Crippen LogP contribution in [0.3, 0.4) is 0 Å². The van der Waals surface area contributed by atoms with Gasteiger partial charge in [0, 0.05) is 5.56 Å². The maximum Gasteiger partial charge on any atom is 0.240 e. The molecule has 1 aliphatic rings. The van der Waals surface area contributed by atoms with Crippen LogP contribution in [0.4, 0.5) is 0 Å². The number of amidine groups is 1. The number of nitrogens with one attached hydrogen (secondary N) is 3. The minimum absolute atomic E-state index is 0.0615. The molecule has 9 heteroatoms. The minimum atomic E-state index is -3.75. The summed E-state index contributed by atoms with van der Waals surface area (Å²) in [5.41, 5.74) is 7.08. The summed E-state index contributed by atoms with van der Waals surface area (Å²) in [6.45, 7) is 2.02. The fourth-order valence-electron chi connectivity index (χ4n) is 4.07.